The average Bonchev–Trinajstić information content (AvgIpc) is 2.99. The summed E-state index contributed by atoms with van der Waals surface area (Å²) < 4.78 is 0. The molecule has 1 amide bonds. The lowest BCUT2D eigenvalue weighted by Crippen LogP contribution is -1.93. The molecule has 1 aromatic carbocycles. The molecule has 3 rings (SSSR count). The molecule has 0 bridgehead atoms. The second-order valence-corrected chi connectivity index (χ2v) is 4.95. The molecule has 5 heteroatoms. The smallest absolute Gasteiger partial charge is 0.211 e. The summed E-state index contributed by atoms with van der Waals surface area (Å²) >= 11 is 1.56. The molecular formula is C15H11N3OS. The maximum absolute atomic E-state index is 10.5. The van der Waals surface area contributed by atoms with Gasteiger partial charge < -0.3 is 5.32 Å². The van der Waals surface area contributed by atoms with E-state index in [1.54, 1.807) is 17.5 Å². The first-order valence-corrected chi connectivity index (χ1v) is 6.92. The van der Waals surface area contributed by atoms with E-state index in [2.05, 4.69) is 15.3 Å². The van der Waals surface area contributed by atoms with E-state index in [0.717, 1.165) is 27.6 Å². The molecule has 0 fully saturated rings. The van der Waals surface area contributed by atoms with Gasteiger partial charge in [0.1, 0.15) is 10.7 Å². The van der Waals surface area contributed by atoms with Gasteiger partial charge in [-0.2, -0.15) is 0 Å². The van der Waals surface area contributed by atoms with Gasteiger partial charge in [0.05, 0.1) is 5.69 Å². The number of carbonyl (C=O) groups excluding carboxylic acids is 1. The Hall–Kier alpha value is -2.53. The summed E-state index contributed by atoms with van der Waals surface area (Å²) in [6.45, 7) is 0. The number of rotatable bonds is 4. The van der Waals surface area contributed by atoms with Crippen molar-refractivity contribution in [3.63, 3.8) is 0 Å². The Bertz CT molecular complexity index is 725. The lowest BCUT2D eigenvalue weighted by atomic mass is 10.2. The van der Waals surface area contributed by atoms with Gasteiger partial charge in [0.2, 0.25) is 6.41 Å². The summed E-state index contributed by atoms with van der Waals surface area (Å²) in [6, 6.07) is 13.4. The Labute approximate surface area is 120 Å². The minimum Gasteiger partial charge on any atom is -0.329 e. The number of carbonyl (C=O) groups is 1. The predicted molar refractivity (Wildman–Crippen MR) is 80.5 cm³/mol. The number of amides is 1. The van der Waals surface area contributed by atoms with Crippen LogP contribution >= 0.6 is 11.3 Å². The van der Waals surface area contributed by atoms with Crippen LogP contribution in [0.3, 0.4) is 0 Å². The molecule has 98 valence electrons. The molecule has 0 unspecified atom stereocenters. The molecule has 20 heavy (non-hydrogen) atoms. The monoisotopic (exact) mass is 281 g/mol. The molecule has 0 radical (unpaired) electrons. The van der Waals surface area contributed by atoms with Crippen LogP contribution in [0.25, 0.3) is 22.0 Å². The van der Waals surface area contributed by atoms with Crippen molar-refractivity contribution >= 4 is 23.4 Å². The van der Waals surface area contributed by atoms with E-state index in [-0.39, 0.29) is 0 Å². The van der Waals surface area contributed by atoms with E-state index in [1.807, 2.05) is 47.8 Å². The maximum atomic E-state index is 10.5. The second kappa shape index (κ2) is 5.63. The molecular weight excluding hydrogens is 270 g/mol. The number of anilines is 1. The van der Waals surface area contributed by atoms with Crippen molar-refractivity contribution in [1.29, 1.82) is 0 Å². The van der Waals surface area contributed by atoms with Crippen LogP contribution in [0, 0.1) is 0 Å². The lowest BCUT2D eigenvalue weighted by molar-refractivity contribution is -0.105. The zero-order valence-corrected chi connectivity index (χ0v) is 11.3. The highest BCUT2D eigenvalue weighted by atomic mass is 32.1. The average molecular weight is 281 g/mol. The van der Waals surface area contributed by atoms with Crippen LogP contribution in [0.4, 0.5) is 5.69 Å². The molecule has 2 heterocycles. The Morgan fingerprint density at radius 2 is 2.05 bits per heavy atom. The van der Waals surface area contributed by atoms with Gasteiger partial charge >= 0.3 is 0 Å². The van der Waals surface area contributed by atoms with Crippen LogP contribution in [0.1, 0.15) is 0 Å². The van der Waals surface area contributed by atoms with Crippen molar-refractivity contribution < 1.29 is 4.79 Å². The van der Waals surface area contributed by atoms with Crippen molar-refractivity contribution in [2.45, 2.75) is 0 Å². The molecule has 0 aliphatic carbocycles. The van der Waals surface area contributed by atoms with Crippen molar-refractivity contribution in [2.75, 3.05) is 5.32 Å². The van der Waals surface area contributed by atoms with Crippen LogP contribution < -0.4 is 5.32 Å². The summed E-state index contributed by atoms with van der Waals surface area (Å²) in [5, 5.41) is 5.53. The van der Waals surface area contributed by atoms with Gasteiger partial charge in [-0.15, -0.1) is 11.3 Å². The fraction of sp³-hybridized carbons (Fsp3) is 0. The highest BCUT2D eigenvalue weighted by Crippen LogP contribution is 2.29. The van der Waals surface area contributed by atoms with Crippen LogP contribution in [0.5, 0.6) is 0 Å². The standard InChI is InChI=1S/C15H11N3OS/c19-10-17-12-5-3-4-11(8-12)15-18-14(9-20-15)13-6-1-2-7-16-13/h1-10H,(H,17,19). The quantitative estimate of drug-likeness (QED) is 0.745. The molecule has 1 N–H and O–H groups in total. The van der Waals surface area contributed by atoms with Gasteiger partial charge in [0.25, 0.3) is 0 Å². The molecule has 0 saturated heterocycles. The molecule has 3 aromatic rings. The van der Waals surface area contributed by atoms with Gasteiger partial charge in [-0.25, -0.2) is 4.98 Å². The topological polar surface area (TPSA) is 54.9 Å². The second-order valence-electron chi connectivity index (χ2n) is 4.10. The summed E-state index contributed by atoms with van der Waals surface area (Å²) in [5.41, 5.74) is 3.45. The third kappa shape index (κ3) is 2.57. The summed E-state index contributed by atoms with van der Waals surface area (Å²) in [7, 11) is 0. The molecule has 4 nitrogen and oxygen atoms in total. The number of aromatic nitrogens is 2. The zero-order chi connectivity index (χ0) is 13.8. The fourth-order valence-electron chi connectivity index (χ4n) is 1.85. The molecule has 2 aromatic heterocycles. The van der Waals surface area contributed by atoms with E-state index >= 15 is 0 Å². The van der Waals surface area contributed by atoms with Gasteiger partial charge in [0.15, 0.2) is 0 Å². The van der Waals surface area contributed by atoms with Gasteiger partial charge in [0, 0.05) is 22.8 Å². The number of thiazole rings is 1. The molecule has 0 spiro atoms. The first-order valence-electron chi connectivity index (χ1n) is 6.04. The highest BCUT2D eigenvalue weighted by Gasteiger charge is 2.07. The minimum absolute atomic E-state index is 0.667. The van der Waals surface area contributed by atoms with Crippen molar-refractivity contribution in [1.82, 2.24) is 9.97 Å². The molecule has 0 aliphatic rings. The van der Waals surface area contributed by atoms with Crippen LogP contribution in [0.2, 0.25) is 0 Å². The largest absolute Gasteiger partial charge is 0.329 e. The Morgan fingerprint density at radius 3 is 2.85 bits per heavy atom. The Balaban J connectivity index is 1.94. The fourth-order valence-corrected chi connectivity index (χ4v) is 2.66. The number of nitrogens with zero attached hydrogens (tertiary/aromatic N) is 2. The predicted octanol–water partition coefficient (Wildman–Crippen LogP) is 3.44. The maximum Gasteiger partial charge on any atom is 0.211 e. The summed E-state index contributed by atoms with van der Waals surface area (Å²) in [6.07, 6.45) is 2.42. The lowest BCUT2D eigenvalue weighted by Gasteiger charge is -2.01. The van der Waals surface area contributed by atoms with Crippen LogP contribution in [0.15, 0.2) is 54.0 Å². The third-order valence-corrected chi connectivity index (χ3v) is 3.66. The SMILES string of the molecule is O=CNc1cccc(-c2nc(-c3ccccn3)cs2)c1. The van der Waals surface area contributed by atoms with Crippen molar-refractivity contribution in [3.05, 3.63) is 54.0 Å². The van der Waals surface area contributed by atoms with Gasteiger partial charge in [-0.05, 0) is 24.3 Å². The first-order chi connectivity index (χ1) is 9.86. The van der Waals surface area contributed by atoms with E-state index in [9.17, 15) is 4.79 Å². The number of pyridine rings is 1. The highest BCUT2D eigenvalue weighted by molar-refractivity contribution is 7.13. The van der Waals surface area contributed by atoms with Crippen molar-refractivity contribution in [2.24, 2.45) is 0 Å². The number of hydrogen-bond donors (Lipinski definition) is 1. The Morgan fingerprint density at radius 1 is 1.10 bits per heavy atom. The molecule has 0 saturated carbocycles. The third-order valence-electron chi connectivity index (χ3n) is 2.77. The summed E-state index contributed by atoms with van der Waals surface area (Å²) in [5.74, 6) is 0. The van der Waals surface area contributed by atoms with Crippen molar-refractivity contribution in [3.8, 4) is 22.0 Å². The van der Waals surface area contributed by atoms with E-state index in [4.69, 9.17) is 0 Å². The number of benzene rings is 1. The van der Waals surface area contributed by atoms with Gasteiger partial charge in [-0.1, -0.05) is 18.2 Å². The van der Waals surface area contributed by atoms with E-state index < -0.39 is 0 Å². The normalized spacial score (nSPS) is 10.2. The van der Waals surface area contributed by atoms with Gasteiger partial charge in [-0.3, -0.25) is 9.78 Å². The van der Waals surface area contributed by atoms with Crippen LogP contribution in [-0.2, 0) is 4.79 Å². The molecule has 0 aliphatic heterocycles. The van der Waals surface area contributed by atoms with Crippen LogP contribution in [-0.4, -0.2) is 16.4 Å². The molecule has 0 atom stereocenters. The summed E-state index contributed by atoms with van der Waals surface area (Å²) in [4.78, 5) is 19.4. The Kier molecular flexibility index (Phi) is 3.52. The number of nitrogens with one attached hydrogen (secondary N) is 1. The minimum atomic E-state index is 0.667. The zero-order valence-electron chi connectivity index (χ0n) is 10.5. The first kappa shape index (κ1) is 12.5. The van der Waals surface area contributed by atoms with E-state index in [0.29, 0.717) is 6.41 Å². The van der Waals surface area contributed by atoms with E-state index in [1.165, 1.54) is 0 Å². The number of hydrogen-bond acceptors (Lipinski definition) is 4.